The SMILES string of the molecule is CCC(CC)(CO)CNS(=O)(=O)c1cc(C(N)=O)n(C)c1. The predicted octanol–water partition coefficient (Wildman–Crippen LogP) is 0.201. The van der Waals surface area contributed by atoms with Gasteiger partial charge in [-0.25, -0.2) is 13.1 Å². The van der Waals surface area contributed by atoms with Gasteiger partial charge in [0.1, 0.15) is 10.6 Å². The van der Waals surface area contributed by atoms with E-state index in [1.54, 1.807) is 7.05 Å². The van der Waals surface area contributed by atoms with Crippen molar-refractivity contribution < 1.29 is 18.3 Å². The largest absolute Gasteiger partial charge is 0.396 e. The Morgan fingerprint density at radius 3 is 2.38 bits per heavy atom. The van der Waals surface area contributed by atoms with Gasteiger partial charge in [0.2, 0.25) is 10.0 Å². The topological polar surface area (TPSA) is 114 Å². The highest BCUT2D eigenvalue weighted by atomic mass is 32.2. The highest BCUT2D eigenvalue weighted by Crippen LogP contribution is 2.25. The third kappa shape index (κ3) is 3.84. The molecule has 0 radical (unpaired) electrons. The lowest BCUT2D eigenvalue weighted by atomic mass is 9.84. The van der Waals surface area contributed by atoms with Crippen LogP contribution in [0.2, 0.25) is 0 Å². The van der Waals surface area contributed by atoms with Gasteiger partial charge in [-0.2, -0.15) is 0 Å². The summed E-state index contributed by atoms with van der Waals surface area (Å²) in [6.07, 6.45) is 2.65. The van der Waals surface area contributed by atoms with Crippen LogP contribution in [0.15, 0.2) is 17.2 Å². The summed E-state index contributed by atoms with van der Waals surface area (Å²) in [7, 11) is -2.20. The number of nitrogens with two attached hydrogens (primary N) is 1. The Kier molecular flexibility index (Phi) is 5.54. The molecule has 1 aromatic heterocycles. The Balaban J connectivity index is 2.97. The van der Waals surface area contributed by atoms with Crippen molar-refractivity contribution in [2.24, 2.45) is 18.2 Å². The summed E-state index contributed by atoms with van der Waals surface area (Å²) in [6, 6.07) is 1.24. The Hall–Kier alpha value is -1.38. The summed E-state index contributed by atoms with van der Waals surface area (Å²) in [5, 5.41) is 9.46. The predicted molar refractivity (Wildman–Crippen MR) is 79.2 cm³/mol. The van der Waals surface area contributed by atoms with E-state index in [-0.39, 0.29) is 23.7 Å². The zero-order valence-electron chi connectivity index (χ0n) is 12.6. The number of aliphatic hydroxyl groups excluding tert-OH is 1. The van der Waals surface area contributed by atoms with Crippen molar-refractivity contribution >= 4 is 15.9 Å². The van der Waals surface area contributed by atoms with E-state index in [1.165, 1.54) is 16.8 Å². The standard InChI is InChI=1S/C13H23N3O4S/c1-4-13(5-2,9-17)8-15-21(19,20)10-6-11(12(14)18)16(3)7-10/h6-7,15,17H,4-5,8-9H2,1-3H3,(H2,14,18). The molecule has 1 aromatic rings. The van der Waals surface area contributed by atoms with Gasteiger partial charge < -0.3 is 15.4 Å². The number of aromatic nitrogens is 1. The smallest absolute Gasteiger partial charge is 0.265 e. The number of primary amides is 1. The van der Waals surface area contributed by atoms with Crippen LogP contribution < -0.4 is 10.5 Å². The van der Waals surface area contributed by atoms with Gasteiger partial charge in [-0.1, -0.05) is 13.8 Å². The molecule has 0 saturated carbocycles. The van der Waals surface area contributed by atoms with E-state index in [2.05, 4.69) is 4.72 Å². The fraction of sp³-hybridized carbons (Fsp3) is 0.615. The van der Waals surface area contributed by atoms with Gasteiger partial charge in [-0.3, -0.25) is 4.79 Å². The second-order valence-electron chi connectivity index (χ2n) is 5.23. The van der Waals surface area contributed by atoms with E-state index >= 15 is 0 Å². The molecular formula is C13H23N3O4S. The van der Waals surface area contributed by atoms with Crippen LogP contribution in [0.4, 0.5) is 0 Å². The van der Waals surface area contributed by atoms with Crippen molar-refractivity contribution in [1.82, 2.24) is 9.29 Å². The maximum atomic E-state index is 12.3. The summed E-state index contributed by atoms with van der Waals surface area (Å²) in [6.45, 7) is 3.85. The van der Waals surface area contributed by atoms with Gasteiger partial charge in [-0.05, 0) is 18.9 Å². The van der Waals surface area contributed by atoms with Crippen LogP contribution >= 0.6 is 0 Å². The third-order valence-electron chi connectivity index (χ3n) is 4.02. The number of hydrogen-bond donors (Lipinski definition) is 3. The first-order chi connectivity index (χ1) is 9.71. The minimum absolute atomic E-state index is 0.0159. The summed E-state index contributed by atoms with van der Waals surface area (Å²) >= 11 is 0. The first-order valence-corrected chi connectivity index (χ1v) is 8.26. The van der Waals surface area contributed by atoms with E-state index in [0.717, 1.165) is 0 Å². The highest BCUT2D eigenvalue weighted by molar-refractivity contribution is 7.89. The molecule has 0 saturated heterocycles. The summed E-state index contributed by atoms with van der Waals surface area (Å²) < 4.78 is 28.4. The number of nitrogens with one attached hydrogen (secondary N) is 1. The number of aryl methyl sites for hydroxylation is 1. The average molecular weight is 317 g/mol. The molecule has 0 aromatic carbocycles. The van der Waals surface area contributed by atoms with E-state index < -0.39 is 21.3 Å². The maximum absolute atomic E-state index is 12.3. The van der Waals surface area contributed by atoms with Crippen molar-refractivity contribution in [3.05, 3.63) is 18.0 Å². The van der Waals surface area contributed by atoms with Crippen LogP contribution in [0, 0.1) is 5.41 Å². The minimum atomic E-state index is -3.75. The van der Waals surface area contributed by atoms with Crippen molar-refractivity contribution in [3.63, 3.8) is 0 Å². The monoisotopic (exact) mass is 317 g/mol. The first-order valence-electron chi connectivity index (χ1n) is 6.78. The molecule has 8 heteroatoms. The fourth-order valence-electron chi connectivity index (χ4n) is 2.04. The Morgan fingerprint density at radius 1 is 1.43 bits per heavy atom. The second kappa shape index (κ2) is 6.59. The van der Waals surface area contributed by atoms with Crippen LogP contribution in [-0.2, 0) is 17.1 Å². The second-order valence-corrected chi connectivity index (χ2v) is 6.99. The number of nitrogens with zero attached hydrogens (tertiary/aromatic N) is 1. The van der Waals surface area contributed by atoms with Crippen LogP contribution in [-0.4, -0.2) is 37.2 Å². The minimum Gasteiger partial charge on any atom is -0.396 e. The lowest BCUT2D eigenvalue weighted by molar-refractivity contribution is 0.0992. The fourth-order valence-corrected chi connectivity index (χ4v) is 3.26. The summed E-state index contributed by atoms with van der Waals surface area (Å²) in [4.78, 5) is 11.2. The first kappa shape index (κ1) is 17.7. The molecule has 0 bridgehead atoms. The van der Waals surface area contributed by atoms with Gasteiger partial charge in [0.05, 0.1) is 0 Å². The molecule has 7 nitrogen and oxygen atoms in total. The van der Waals surface area contributed by atoms with E-state index in [9.17, 15) is 18.3 Å². The number of rotatable bonds is 8. The van der Waals surface area contributed by atoms with Gasteiger partial charge in [0.25, 0.3) is 5.91 Å². The van der Waals surface area contributed by atoms with Crippen molar-refractivity contribution in [3.8, 4) is 0 Å². The zero-order valence-corrected chi connectivity index (χ0v) is 13.4. The highest BCUT2D eigenvalue weighted by Gasteiger charge is 2.28. The molecule has 120 valence electrons. The van der Waals surface area contributed by atoms with E-state index in [1.807, 2.05) is 13.8 Å². The number of carbonyl (C=O) groups is 1. The number of aliphatic hydroxyl groups is 1. The van der Waals surface area contributed by atoms with Crippen molar-refractivity contribution in [2.45, 2.75) is 31.6 Å². The molecule has 0 unspecified atom stereocenters. The number of hydrogen-bond acceptors (Lipinski definition) is 4. The van der Waals surface area contributed by atoms with Gasteiger partial charge in [-0.15, -0.1) is 0 Å². The Bertz CT molecular complexity index is 595. The number of carbonyl (C=O) groups excluding carboxylic acids is 1. The van der Waals surface area contributed by atoms with E-state index in [4.69, 9.17) is 5.73 Å². The molecule has 1 heterocycles. The summed E-state index contributed by atoms with van der Waals surface area (Å²) in [5.74, 6) is -0.689. The van der Waals surface area contributed by atoms with Crippen LogP contribution in [0.25, 0.3) is 0 Å². The van der Waals surface area contributed by atoms with E-state index in [0.29, 0.717) is 12.8 Å². The molecule has 0 aliphatic rings. The normalized spacial score (nSPS) is 12.6. The molecular weight excluding hydrogens is 294 g/mol. The third-order valence-corrected chi connectivity index (χ3v) is 5.38. The molecule has 1 amide bonds. The van der Waals surface area contributed by atoms with Crippen LogP contribution in [0.3, 0.4) is 0 Å². The van der Waals surface area contributed by atoms with Gasteiger partial charge in [0, 0.05) is 31.8 Å². The lowest BCUT2D eigenvalue weighted by Crippen LogP contribution is -2.39. The van der Waals surface area contributed by atoms with Gasteiger partial charge in [0.15, 0.2) is 0 Å². The Morgan fingerprint density at radius 2 is 2.00 bits per heavy atom. The lowest BCUT2D eigenvalue weighted by Gasteiger charge is -2.29. The maximum Gasteiger partial charge on any atom is 0.265 e. The van der Waals surface area contributed by atoms with Crippen molar-refractivity contribution in [1.29, 1.82) is 0 Å². The van der Waals surface area contributed by atoms with Crippen LogP contribution in [0.1, 0.15) is 37.2 Å². The quantitative estimate of drug-likeness (QED) is 0.635. The molecule has 0 aliphatic heterocycles. The zero-order chi connectivity index (χ0) is 16.3. The van der Waals surface area contributed by atoms with Crippen molar-refractivity contribution in [2.75, 3.05) is 13.2 Å². The molecule has 0 atom stereocenters. The number of sulfonamides is 1. The molecule has 1 rings (SSSR count). The summed E-state index contributed by atoms with van der Waals surface area (Å²) in [5.41, 5.74) is 4.81. The molecule has 0 fully saturated rings. The average Bonchev–Trinajstić information content (AvgIpc) is 2.84. The van der Waals surface area contributed by atoms with Crippen LogP contribution in [0.5, 0.6) is 0 Å². The molecule has 0 aliphatic carbocycles. The molecule has 21 heavy (non-hydrogen) atoms. The number of amides is 1. The molecule has 4 N–H and O–H groups in total. The Labute approximate surface area is 125 Å². The van der Waals surface area contributed by atoms with Gasteiger partial charge >= 0.3 is 0 Å². The molecule has 0 spiro atoms.